The van der Waals surface area contributed by atoms with Gasteiger partial charge in [0.25, 0.3) is 0 Å². The Kier molecular flexibility index (Phi) is 2.80. The Morgan fingerprint density at radius 1 is 1.54 bits per heavy atom. The van der Waals surface area contributed by atoms with Gasteiger partial charge in [0, 0.05) is 12.6 Å². The summed E-state index contributed by atoms with van der Waals surface area (Å²) in [4.78, 5) is 3.96. The van der Waals surface area contributed by atoms with Crippen molar-refractivity contribution in [3.8, 4) is 0 Å². The Morgan fingerprint density at radius 2 is 2.23 bits per heavy atom. The highest BCUT2D eigenvalue weighted by molar-refractivity contribution is 6.15. The van der Waals surface area contributed by atoms with Crippen LogP contribution in [0.25, 0.3) is 0 Å². The maximum Gasteiger partial charge on any atom is 0.126 e. The first-order chi connectivity index (χ1) is 6.19. The first-order valence-corrected chi connectivity index (χ1v) is 3.83. The molecule has 0 spiro atoms. The third-order valence-electron chi connectivity index (χ3n) is 1.65. The van der Waals surface area contributed by atoms with Gasteiger partial charge >= 0.3 is 0 Å². The molecule has 0 atom stereocenters. The Hall–Kier alpha value is -1.64. The molecule has 0 aromatic heterocycles. The first kappa shape index (κ1) is 9.45. The van der Waals surface area contributed by atoms with Crippen LogP contribution in [0.3, 0.4) is 0 Å². The molecular formula is C10H11FN2. The van der Waals surface area contributed by atoms with E-state index in [1.54, 1.807) is 19.2 Å². The fraction of sp³-hybridized carbons (Fsp3) is 0.100. The average molecular weight is 178 g/mol. The van der Waals surface area contributed by atoms with Crippen molar-refractivity contribution in [2.45, 2.75) is 0 Å². The molecule has 0 bridgehead atoms. The second kappa shape index (κ2) is 3.85. The van der Waals surface area contributed by atoms with E-state index in [0.717, 1.165) is 0 Å². The molecule has 0 aliphatic heterocycles. The number of hydrogen-bond acceptors (Lipinski definition) is 2. The highest BCUT2D eigenvalue weighted by atomic mass is 19.1. The van der Waals surface area contributed by atoms with Crippen molar-refractivity contribution in [1.29, 1.82) is 0 Å². The monoisotopic (exact) mass is 178 g/mol. The molecular weight excluding hydrogens is 167 g/mol. The van der Waals surface area contributed by atoms with Crippen LogP contribution >= 0.6 is 0 Å². The highest BCUT2D eigenvalue weighted by Gasteiger charge is 2.13. The molecule has 0 aromatic carbocycles. The molecule has 0 heterocycles. The van der Waals surface area contributed by atoms with Crippen LogP contribution < -0.4 is 5.73 Å². The zero-order valence-corrected chi connectivity index (χ0v) is 7.42. The van der Waals surface area contributed by atoms with Crippen LogP contribution in [0.2, 0.25) is 0 Å². The minimum absolute atomic E-state index is 0.343. The van der Waals surface area contributed by atoms with Crippen LogP contribution in [0.1, 0.15) is 0 Å². The lowest BCUT2D eigenvalue weighted by Gasteiger charge is -2.11. The van der Waals surface area contributed by atoms with E-state index in [4.69, 9.17) is 5.73 Å². The molecule has 0 unspecified atom stereocenters. The van der Waals surface area contributed by atoms with Crippen LogP contribution in [0.5, 0.6) is 0 Å². The molecule has 0 amide bonds. The minimum Gasteiger partial charge on any atom is -0.397 e. The predicted molar refractivity (Wildman–Crippen MR) is 53.1 cm³/mol. The van der Waals surface area contributed by atoms with Crippen molar-refractivity contribution in [1.82, 2.24) is 0 Å². The normalized spacial score (nSPS) is 22.9. The van der Waals surface area contributed by atoms with Crippen LogP contribution in [-0.2, 0) is 0 Å². The van der Waals surface area contributed by atoms with Crippen molar-refractivity contribution in [2.75, 3.05) is 7.05 Å². The van der Waals surface area contributed by atoms with Gasteiger partial charge in [-0.2, -0.15) is 0 Å². The summed E-state index contributed by atoms with van der Waals surface area (Å²) in [5, 5.41) is 0. The molecule has 0 fully saturated rings. The standard InChI is InChI=1S/C10H11FN2/c1-3-4-7-5-8(11)6-9(12)10(7)13-2/h3-6H,1,12H2,2H3/b7-4-,13-10?. The van der Waals surface area contributed by atoms with E-state index in [2.05, 4.69) is 11.6 Å². The maximum atomic E-state index is 12.9. The van der Waals surface area contributed by atoms with Gasteiger partial charge in [0.2, 0.25) is 0 Å². The molecule has 0 saturated carbocycles. The number of rotatable bonds is 1. The summed E-state index contributed by atoms with van der Waals surface area (Å²) in [6.45, 7) is 3.53. The Bertz CT molecular complexity index is 346. The van der Waals surface area contributed by atoms with E-state index in [1.807, 2.05) is 0 Å². The molecule has 0 aromatic rings. The Morgan fingerprint density at radius 3 is 2.77 bits per heavy atom. The summed E-state index contributed by atoms with van der Waals surface area (Å²) in [5.74, 6) is -0.363. The number of nitrogens with zero attached hydrogens (tertiary/aromatic N) is 1. The summed E-state index contributed by atoms with van der Waals surface area (Å²) in [6.07, 6.45) is 5.87. The molecule has 0 radical (unpaired) electrons. The quantitative estimate of drug-likeness (QED) is 0.654. The van der Waals surface area contributed by atoms with Gasteiger partial charge in [-0.05, 0) is 12.2 Å². The SMILES string of the molecule is C=C/C=C1/C=C(F)C=C(N)C1=NC. The number of halogens is 1. The Balaban J connectivity index is 3.19. The second-order valence-corrected chi connectivity index (χ2v) is 2.56. The molecule has 1 aliphatic rings. The summed E-state index contributed by atoms with van der Waals surface area (Å²) in [5.41, 5.74) is 7.16. The first-order valence-electron chi connectivity index (χ1n) is 3.83. The van der Waals surface area contributed by atoms with Crippen molar-refractivity contribution < 1.29 is 4.39 Å². The van der Waals surface area contributed by atoms with Gasteiger partial charge in [-0.25, -0.2) is 4.39 Å². The van der Waals surface area contributed by atoms with Crippen LogP contribution in [0, 0.1) is 0 Å². The molecule has 13 heavy (non-hydrogen) atoms. The van der Waals surface area contributed by atoms with Crippen molar-refractivity contribution in [3.05, 3.63) is 48.0 Å². The zero-order valence-electron chi connectivity index (χ0n) is 7.42. The number of allylic oxidation sites excluding steroid dienone is 6. The van der Waals surface area contributed by atoms with Crippen molar-refractivity contribution in [2.24, 2.45) is 10.7 Å². The van der Waals surface area contributed by atoms with Gasteiger partial charge in [-0.15, -0.1) is 0 Å². The minimum atomic E-state index is -0.363. The van der Waals surface area contributed by atoms with Gasteiger partial charge < -0.3 is 5.73 Å². The topological polar surface area (TPSA) is 38.4 Å². The lowest BCUT2D eigenvalue weighted by atomic mass is 10.0. The maximum absolute atomic E-state index is 12.9. The largest absolute Gasteiger partial charge is 0.397 e. The van der Waals surface area contributed by atoms with Crippen LogP contribution in [-0.4, -0.2) is 12.8 Å². The van der Waals surface area contributed by atoms with Crippen molar-refractivity contribution in [3.63, 3.8) is 0 Å². The van der Waals surface area contributed by atoms with E-state index in [-0.39, 0.29) is 5.83 Å². The highest BCUT2D eigenvalue weighted by Crippen LogP contribution is 2.17. The summed E-state index contributed by atoms with van der Waals surface area (Å²) >= 11 is 0. The van der Waals surface area contributed by atoms with Gasteiger partial charge in [-0.3, -0.25) is 4.99 Å². The Labute approximate surface area is 76.7 Å². The molecule has 0 saturated heterocycles. The van der Waals surface area contributed by atoms with E-state index in [1.165, 1.54) is 12.2 Å². The smallest absolute Gasteiger partial charge is 0.126 e. The number of hydrogen-bond donors (Lipinski definition) is 1. The average Bonchev–Trinajstić information content (AvgIpc) is 2.04. The third kappa shape index (κ3) is 1.93. The van der Waals surface area contributed by atoms with Gasteiger partial charge in [-0.1, -0.05) is 18.7 Å². The fourth-order valence-corrected chi connectivity index (χ4v) is 1.15. The summed E-state index contributed by atoms with van der Waals surface area (Å²) in [6, 6.07) is 0. The molecule has 1 rings (SSSR count). The molecule has 1 aliphatic carbocycles. The summed E-state index contributed by atoms with van der Waals surface area (Å²) < 4.78 is 12.9. The van der Waals surface area contributed by atoms with Gasteiger partial charge in [0.15, 0.2) is 0 Å². The van der Waals surface area contributed by atoms with Crippen LogP contribution in [0.15, 0.2) is 53.0 Å². The fourth-order valence-electron chi connectivity index (χ4n) is 1.15. The molecule has 3 heteroatoms. The van der Waals surface area contributed by atoms with Crippen molar-refractivity contribution >= 4 is 5.71 Å². The summed E-state index contributed by atoms with van der Waals surface area (Å²) in [7, 11) is 1.62. The predicted octanol–water partition coefficient (Wildman–Crippen LogP) is 1.88. The van der Waals surface area contributed by atoms with Gasteiger partial charge in [0.1, 0.15) is 5.83 Å². The number of aliphatic imine (C=N–C) groups is 1. The zero-order chi connectivity index (χ0) is 9.84. The molecule has 68 valence electrons. The lowest BCUT2D eigenvalue weighted by molar-refractivity contribution is 0.664. The van der Waals surface area contributed by atoms with Gasteiger partial charge in [0.05, 0.1) is 11.4 Å². The van der Waals surface area contributed by atoms with E-state index < -0.39 is 0 Å². The third-order valence-corrected chi connectivity index (χ3v) is 1.65. The van der Waals surface area contributed by atoms with E-state index in [0.29, 0.717) is 17.0 Å². The molecule has 2 N–H and O–H groups in total. The van der Waals surface area contributed by atoms with E-state index >= 15 is 0 Å². The number of nitrogens with two attached hydrogens (primary N) is 1. The molecule has 2 nitrogen and oxygen atoms in total. The van der Waals surface area contributed by atoms with Crippen LogP contribution in [0.4, 0.5) is 4.39 Å². The second-order valence-electron chi connectivity index (χ2n) is 2.56. The van der Waals surface area contributed by atoms with E-state index in [9.17, 15) is 4.39 Å². The lowest BCUT2D eigenvalue weighted by Crippen LogP contribution is -2.16.